The Balaban J connectivity index is 2.06. The van der Waals surface area contributed by atoms with Crippen LogP contribution in [0.15, 0.2) is 0 Å². The van der Waals surface area contributed by atoms with Gasteiger partial charge in [-0.05, 0) is 41.4 Å². The summed E-state index contributed by atoms with van der Waals surface area (Å²) in [5, 5.41) is 0. The topological polar surface area (TPSA) is 35.5 Å². The Morgan fingerprint density at radius 1 is 1.23 bits per heavy atom. The highest BCUT2D eigenvalue weighted by atomic mass is 127. The van der Waals surface area contributed by atoms with Crippen LogP contribution in [0.5, 0.6) is 0 Å². The smallest absolute Gasteiger partial charge is 0.434 e. The molecule has 1 aliphatic rings. The summed E-state index contributed by atoms with van der Waals surface area (Å²) in [6.45, 7) is 0.537. The molecule has 0 N–H and O–H groups in total. The first-order valence-corrected chi connectivity index (χ1v) is 6.21. The van der Waals surface area contributed by atoms with Crippen LogP contribution in [0.4, 0.5) is 4.79 Å². The molecule has 0 aromatic heterocycles. The summed E-state index contributed by atoms with van der Waals surface area (Å²) in [5.41, 5.74) is 0. The van der Waals surface area contributed by atoms with Crippen molar-refractivity contribution in [3.8, 4) is 0 Å². The molecule has 0 atom stereocenters. The van der Waals surface area contributed by atoms with Crippen LogP contribution in [0.25, 0.3) is 0 Å². The third kappa shape index (κ3) is 4.69. The first-order valence-electron chi connectivity index (χ1n) is 4.68. The molecule has 1 saturated carbocycles. The van der Waals surface area contributed by atoms with Gasteiger partial charge in [-0.25, -0.2) is 4.79 Å². The molecule has 0 radical (unpaired) electrons. The Morgan fingerprint density at radius 2 is 1.92 bits per heavy atom. The van der Waals surface area contributed by atoms with Crippen molar-refractivity contribution in [2.75, 3.05) is 11.2 Å². The summed E-state index contributed by atoms with van der Waals surface area (Å²) in [5.74, 6) is 0.565. The van der Waals surface area contributed by atoms with E-state index in [1.54, 1.807) is 0 Å². The van der Waals surface area contributed by atoms with Crippen LogP contribution in [0.1, 0.15) is 32.1 Å². The van der Waals surface area contributed by atoms with E-state index in [1.165, 1.54) is 32.1 Å². The number of ether oxygens (including phenoxy) is 2. The molecule has 4 heteroatoms. The maximum atomic E-state index is 10.8. The minimum atomic E-state index is -0.528. The number of halogens is 1. The fourth-order valence-corrected chi connectivity index (χ4v) is 1.88. The molecule has 76 valence electrons. The molecule has 1 fully saturated rings. The van der Waals surface area contributed by atoms with Crippen molar-refractivity contribution in [2.45, 2.75) is 32.1 Å². The maximum Gasteiger partial charge on any atom is 0.509 e. The molecule has 0 aromatic rings. The van der Waals surface area contributed by atoms with Gasteiger partial charge in [-0.3, -0.25) is 0 Å². The zero-order valence-corrected chi connectivity index (χ0v) is 9.79. The molecule has 1 aliphatic carbocycles. The Bertz CT molecular complexity index is 155. The zero-order chi connectivity index (χ0) is 9.52. The van der Waals surface area contributed by atoms with E-state index < -0.39 is 6.16 Å². The summed E-state index contributed by atoms with van der Waals surface area (Å²) in [7, 11) is 0. The van der Waals surface area contributed by atoms with E-state index in [9.17, 15) is 4.79 Å². The molecule has 0 aromatic carbocycles. The number of rotatable bonds is 3. The molecule has 0 bridgehead atoms. The third-order valence-corrected chi connectivity index (χ3v) is 2.65. The SMILES string of the molecule is O=C(OCI)OCC1CCCCC1. The lowest BCUT2D eigenvalue weighted by atomic mass is 9.90. The molecule has 0 heterocycles. The van der Waals surface area contributed by atoms with Crippen LogP contribution in [-0.2, 0) is 9.47 Å². The quantitative estimate of drug-likeness (QED) is 0.456. The van der Waals surface area contributed by atoms with Crippen molar-refractivity contribution < 1.29 is 14.3 Å². The molecule has 0 spiro atoms. The molecule has 0 aliphatic heterocycles. The van der Waals surface area contributed by atoms with Crippen LogP contribution in [0, 0.1) is 5.92 Å². The number of carbonyl (C=O) groups is 1. The van der Waals surface area contributed by atoms with Crippen LogP contribution in [-0.4, -0.2) is 17.4 Å². The second kappa shape index (κ2) is 6.45. The minimum Gasteiger partial charge on any atom is -0.434 e. The summed E-state index contributed by atoms with van der Waals surface area (Å²) < 4.78 is 9.98. The van der Waals surface area contributed by atoms with Gasteiger partial charge < -0.3 is 9.47 Å². The molecule has 0 saturated heterocycles. The largest absolute Gasteiger partial charge is 0.509 e. The molecule has 13 heavy (non-hydrogen) atoms. The van der Waals surface area contributed by atoms with Crippen molar-refractivity contribution in [1.29, 1.82) is 0 Å². The van der Waals surface area contributed by atoms with Gasteiger partial charge in [0, 0.05) is 0 Å². The second-order valence-electron chi connectivity index (χ2n) is 3.32. The fraction of sp³-hybridized carbons (Fsp3) is 0.889. The lowest BCUT2D eigenvalue weighted by molar-refractivity contribution is 0.0529. The highest BCUT2D eigenvalue weighted by Gasteiger charge is 2.15. The molecule has 0 unspecified atom stereocenters. The minimum absolute atomic E-state index is 0.362. The van der Waals surface area contributed by atoms with Crippen LogP contribution in [0.2, 0.25) is 0 Å². The lowest BCUT2D eigenvalue weighted by Crippen LogP contribution is -2.17. The highest BCUT2D eigenvalue weighted by molar-refractivity contribution is 14.1. The predicted octanol–water partition coefficient (Wildman–Crippen LogP) is 3.11. The molecular formula is C9H15IO3. The number of carbonyl (C=O) groups excluding carboxylic acids is 1. The normalized spacial score (nSPS) is 18.2. The maximum absolute atomic E-state index is 10.8. The van der Waals surface area contributed by atoms with E-state index in [4.69, 9.17) is 4.74 Å². The van der Waals surface area contributed by atoms with Gasteiger partial charge in [0.25, 0.3) is 0 Å². The lowest BCUT2D eigenvalue weighted by Gasteiger charge is -2.20. The average Bonchev–Trinajstić information content (AvgIpc) is 2.17. The van der Waals surface area contributed by atoms with Gasteiger partial charge in [0.1, 0.15) is 4.61 Å². The first-order chi connectivity index (χ1) is 6.33. The van der Waals surface area contributed by atoms with E-state index in [1.807, 2.05) is 22.6 Å². The van der Waals surface area contributed by atoms with E-state index in [0.717, 1.165) is 0 Å². The summed E-state index contributed by atoms with van der Waals surface area (Å²) in [6.07, 6.45) is 5.73. The Morgan fingerprint density at radius 3 is 2.54 bits per heavy atom. The predicted molar refractivity (Wildman–Crippen MR) is 57.9 cm³/mol. The van der Waals surface area contributed by atoms with Gasteiger partial charge in [0.15, 0.2) is 0 Å². The monoisotopic (exact) mass is 298 g/mol. The summed E-state index contributed by atoms with van der Waals surface area (Å²) in [4.78, 5) is 10.8. The van der Waals surface area contributed by atoms with Crippen LogP contribution >= 0.6 is 22.6 Å². The Labute approximate surface area is 92.3 Å². The number of alkyl halides is 1. The van der Waals surface area contributed by atoms with Crippen LogP contribution in [0.3, 0.4) is 0 Å². The number of hydrogen-bond acceptors (Lipinski definition) is 3. The zero-order valence-electron chi connectivity index (χ0n) is 7.63. The Kier molecular flexibility index (Phi) is 5.50. The van der Waals surface area contributed by atoms with Crippen molar-refractivity contribution >= 4 is 28.7 Å². The van der Waals surface area contributed by atoms with Crippen molar-refractivity contribution in [3.63, 3.8) is 0 Å². The number of hydrogen-bond donors (Lipinski definition) is 0. The average molecular weight is 298 g/mol. The van der Waals surface area contributed by atoms with Crippen LogP contribution < -0.4 is 0 Å². The molecule has 3 nitrogen and oxygen atoms in total. The van der Waals surface area contributed by atoms with E-state index >= 15 is 0 Å². The van der Waals surface area contributed by atoms with Crippen molar-refractivity contribution in [2.24, 2.45) is 5.92 Å². The fourth-order valence-electron chi connectivity index (χ4n) is 1.63. The second-order valence-corrected chi connectivity index (χ2v) is 3.94. The van der Waals surface area contributed by atoms with Crippen molar-refractivity contribution in [1.82, 2.24) is 0 Å². The van der Waals surface area contributed by atoms with Gasteiger partial charge in [-0.2, -0.15) is 0 Å². The third-order valence-electron chi connectivity index (χ3n) is 2.33. The standard InChI is InChI=1S/C9H15IO3/c10-7-13-9(11)12-6-8-4-2-1-3-5-8/h8H,1-7H2. The van der Waals surface area contributed by atoms with Gasteiger partial charge in [0.05, 0.1) is 6.61 Å². The first kappa shape index (κ1) is 11.1. The Hall–Kier alpha value is -0.0000000000000000555. The molecular weight excluding hydrogens is 283 g/mol. The molecule has 0 amide bonds. The van der Waals surface area contributed by atoms with E-state index in [2.05, 4.69) is 4.74 Å². The highest BCUT2D eigenvalue weighted by Crippen LogP contribution is 2.23. The van der Waals surface area contributed by atoms with E-state index in [-0.39, 0.29) is 0 Å². The van der Waals surface area contributed by atoms with Gasteiger partial charge in [-0.15, -0.1) is 0 Å². The van der Waals surface area contributed by atoms with Gasteiger partial charge >= 0.3 is 6.16 Å². The summed E-state index contributed by atoms with van der Waals surface area (Å²) in [6, 6.07) is 0. The molecule has 1 rings (SSSR count). The summed E-state index contributed by atoms with van der Waals surface area (Å²) >= 11 is 1.97. The van der Waals surface area contributed by atoms with E-state index in [0.29, 0.717) is 17.1 Å². The van der Waals surface area contributed by atoms with Gasteiger partial charge in [0.2, 0.25) is 0 Å². The van der Waals surface area contributed by atoms with Gasteiger partial charge in [-0.1, -0.05) is 19.3 Å². The van der Waals surface area contributed by atoms with Crippen molar-refractivity contribution in [3.05, 3.63) is 0 Å².